The van der Waals surface area contributed by atoms with Crippen molar-refractivity contribution < 1.29 is 18.3 Å². The maximum absolute atomic E-state index is 11.8. The number of hydrogen-bond acceptors (Lipinski definition) is 1. The molecule has 0 heterocycles. The first kappa shape index (κ1) is 11.8. The van der Waals surface area contributed by atoms with E-state index in [0.29, 0.717) is 0 Å². The van der Waals surface area contributed by atoms with Gasteiger partial charge in [-0.1, -0.05) is 36.4 Å². The molecule has 0 aliphatic rings. The fraction of sp³-hybridized carbons (Fsp3) is 0.273. The minimum atomic E-state index is -4.36. The van der Waals surface area contributed by atoms with Gasteiger partial charge in [-0.25, -0.2) is 0 Å². The van der Waals surface area contributed by atoms with E-state index < -0.39 is 12.3 Å². The van der Waals surface area contributed by atoms with E-state index in [1.807, 2.05) is 0 Å². The highest BCUT2D eigenvalue weighted by atomic mass is 19.4. The van der Waals surface area contributed by atoms with E-state index in [1.54, 1.807) is 30.3 Å². The monoisotopic (exact) mass is 216 g/mol. The highest BCUT2D eigenvalue weighted by molar-refractivity contribution is 5.16. The molecular weight excluding hydrogens is 205 g/mol. The van der Waals surface area contributed by atoms with Gasteiger partial charge in [0.05, 0.1) is 6.10 Å². The molecule has 1 rings (SSSR count). The van der Waals surface area contributed by atoms with Crippen LogP contribution in [-0.2, 0) is 6.42 Å². The predicted molar refractivity (Wildman–Crippen MR) is 51.3 cm³/mol. The van der Waals surface area contributed by atoms with Gasteiger partial charge in [0, 0.05) is 12.5 Å². The topological polar surface area (TPSA) is 20.2 Å². The molecule has 1 aromatic rings. The summed E-state index contributed by atoms with van der Waals surface area (Å²) >= 11 is 0. The van der Waals surface area contributed by atoms with E-state index in [2.05, 4.69) is 0 Å². The van der Waals surface area contributed by atoms with E-state index in [1.165, 1.54) is 0 Å². The van der Waals surface area contributed by atoms with Crippen molar-refractivity contribution in [3.63, 3.8) is 0 Å². The summed E-state index contributed by atoms with van der Waals surface area (Å²) in [6, 6.07) is 8.86. The lowest BCUT2D eigenvalue weighted by molar-refractivity contribution is -0.0805. The second-order valence-corrected chi connectivity index (χ2v) is 3.16. The Morgan fingerprint density at radius 3 is 2.33 bits per heavy atom. The Labute approximate surface area is 85.9 Å². The first-order valence-electron chi connectivity index (χ1n) is 4.45. The fourth-order valence-electron chi connectivity index (χ4n) is 1.14. The van der Waals surface area contributed by atoms with Crippen molar-refractivity contribution in [1.29, 1.82) is 0 Å². The Kier molecular flexibility index (Phi) is 3.91. The smallest absolute Gasteiger partial charge is 0.389 e. The summed E-state index contributed by atoms with van der Waals surface area (Å²) in [5.41, 5.74) is 0.803. The fourth-order valence-corrected chi connectivity index (χ4v) is 1.14. The molecule has 0 aliphatic carbocycles. The Bertz CT molecular complexity index is 316. The first-order chi connectivity index (χ1) is 6.97. The first-order valence-corrected chi connectivity index (χ1v) is 4.45. The molecule has 0 spiro atoms. The summed E-state index contributed by atoms with van der Waals surface area (Å²) in [5.74, 6) is 0. The summed E-state index contributed by atoms with van der Waals surface area (Å²) < 4.78 is 35.3. The molecule has 15 heavy (non-hydrogen) atoms. The van der Waals surface area contributed by atoms with Crippen LogP contribution in [0.25, 0.3) is 0 Å². The average Bonchev–Trinajstić information content (AvgIpc) is 2.15. The molecule has 0 radical (unpaired) electrons. The second-order valence-electron chi connectivity index (χ2n) is 3.16. The standard InChI is InChI=1S/C11H11F3O/c12-11(13,14)7-6-10(15)8-9-4-2-1-3-5-9/h1-7,10,15H,8H2/b7-6+/t10-/m1/s1. The van der Waals surface area contributed by atoms with Gasteiger partial charge in [0.15, 0.2) is 0 Å². The molecule has 0 saturated heterocycles. The Balaban J connectivity index is 2.50. The summed E-state index contributed by atoms with van der Waals surface area (Å²) in [6.07, 6.45) is -4.47. The molecular formula is C11H11F3O. The molecule has 1 aromatic carbocycles. The number of alkyl halides is 3. The van der Waals surface area contributed by atoms with Gasteiger partial charge in [0.25, 0.3) is 0 Å². The van der Waals surface area contributed by atoms with E-state index in [4.69, 9.17) is 0 Å². The van der Waals surface area contributed by atoms with Gasteiger partial charge in [-0.3, -0.25) is 0 Å². The van der Waals surface area contributed by atoms with Crippen LogP contribution in [0.3, 0.4) is 0 Å². The van der Waals surface area contributed by atoms with E-state index in [9.17, 15) is 18.3 Å². The number of aliphatic hydroxyl groups excluding tert-OH is 1. The number of rotatable bonds is 3. The van der Waals surface area contributed by atoms with Crippen LogP contribution in [0.15, 0.2) is 42.5 Å². The molecule has 0 aliphatic heterocycles. The molecule has 0 bridgehead atoms. The van der Waals surface area contributed by atoms with Gasteiger partial charge < -0.3 is 5.11 Å². The number of halogens is 3. The Morgan fingerprint density at radius 2 is 1.80 bits per heavy atom. The summed E-state index contributed by atoms with van der Waals surface area (Å²) in [4.78, 5) is 0. The number of aliphatic hydroxyl groups is 1. The SMILES string of the molecule is O[C@H](/C=C/C(F)(F)F)Cc1ccccc1. The lowest BCUT2D eigenvalue weighted by Crippen LogP contribution is -2.09. The maximum atomic E-state index is 11.8. The zero-order chi connectivity index (χ0) is 11.3. The lowest BCUT2D eigenvalue weighted by Gasteiger charge is -2.06. The molecule has 0 amide bonds. The molecule has 0 fully saturated rings. The van der Waals surface area contributed by atoms with Crippen LogP contribution in [0.5, 0.6) is 0 Å². The van der Waals surface area contributed by atoms with E-state index in [0.717, 1.165) is 11.6 Å². The molecule has 0 saturated carbocycles. The predicted octanol–water partition coefficient (Wildman–Crippen LogP) is 2.71. The average molecular weight is 216 g/mol. The van der Waals surface area contributed by atoms with Gasteiger partial charge in [0.1, 0.15) is 0 Å². The van der Waals surface area contributed by atoms with Crippen molar-refractivity contribution in [2.45, 2.75) is 18.7 Å². The maximum Gasteiger partial charge on any atom is 0.409 e. The van der Waals surface area contributed by atoms with Crippen molar-refractivity contribution in [3.8, 4) is 0 Å². The minimum absolute atomic E-state index is 0.0562. The van der Waals surface area contributed by atoms with Crippen molar-refractivity contribution in [3.05, 3.63) is 48.0 Å². The van der Waals surface area contributed by atoms with E-state index in [-0.39, 0.29) is 12.5 Å². The van der Waals surface area contributed by atoms with Crippen molar-refractivity contribution in [2.75, 3.05) is 0 Å². The quantitative estimate of drug-likeness (QED) is 0.770. The second kappa shape index (κ2) is 4.98. The van der Waals surface area contributed by atoms with Crippen LogP contribution in [0.2, 0.25) is 0 Å². The molecule has 1 atom stereocenters. The lowest BCUT2D eigenvalue weighted by atomic mass is 10.1. The molecule has 4 heteroatoms. The van der Waals surface area contributed by atoms with Gasteiger partial charge >= 0.3 is 6.18 Å². The third-order valence-electron chi connectivity index (χ3n) is 1.80. The molecule has 1 nitrogen and oxygen atoms in total. The largest absolute Gasteiger partial charge is 0.409 e. The normalized spacial score (nSPS) is 14.4. The van der Waals surface area contributed by atoms with Crippen LogP contribution in [0, 0.1) is 0 Å². The summed E-state index contributed by atoms with van der Waals surface area (Å²) in [6.45, 7) is 0. The van der Waals surface area contributed by atoms with Crippen LogP contribution in [0.1, 0.15) is 5.56 Å². The zero-order valence-electron chi connectivity index (χ0n) is 7.91. The van der Waals surface area contributed by atoms with Gasteiger partial charge in [-0.2, -0.15) is 13.2 Å². The number of allylic oxidation sites excluding steroid dienone is 1. The summed E-state index contributed by atoms with van der Waals surface area (Å²) in [5, 5.41) is 9.28. The van der Waals surface area contributed by atoms with E-state index >= 15 is 0 Å². The molecule has 1 N–H and O–H groups in total. The van der Waals surface area contributed by atoms with Crippen LogP contribution in [-0.4, -0.2) is 17.4 Å². The van der Waals surface area contributed by atoms with Crippen LogP contribution < -0.4 is 0 Å². The van der Waals surface area contributed by atoms with Crippen molar-refractivity contribution in [1.82, 2.24) is 0 Å². The van der Waals surface area contributed by atoms with Crippen LogP contribution in [0.4, 0.5) is 13.2 Å². The molecule has 82 valence electrons. The third-order valence-corrected chi connectivity index (χ3v) is 1.80. The Morgan fingerprint density at radius 1 is 1.20 bits per heavy atom. The third kappa shape index (κ3) is 5.22. The highest BCUT2D eigenvalue weighted by Gasteiger charge is 2.22. The van der Waals surface area contributed by atoms with Crippen LogP contribution >= 0.6 is 0 Å². The molecule has 0 aromatic heterocycles. The van der Waals surface area contributed by atoms with Gasteiger partial charge in [0.2, 0.25) is 0 Å². The van der Waals surface area contributed by atoms with Gasteiger partial charge in [-0.15, -0.1) is 0 Å². The summed E-state index contributed by atoms with van der Waals surface area (Å²) in [7, 11) is 0. The highest BCUT2D eigenvalue weighted by Crippen LogP contribution is 2.16. The molecule has 0 unspecified atom stereocenters. The number of hydrogen-bond donors (Lipinski definition) is 1. The van der Waals surface area contributed by atoms with Gasteiger partial charge in [-0.05, 0) is 5.56 Å². The zero-order valence-corrected chi connectivity index (χ0v) is 7.91. The minimum Gasteiger partial charge on any atom is -0.389 e. The number of benzene rings is 1. The van der Waals surface area contributed by atoms with Crippen molar-refractivity contribution >= 4 is 0 Å². The Hall–Kier alpha value is -1.29. The van der Waals surface area contributed by atoms with Crippen molar-refractivity contribution in [2.24, 2.45) is 0 Å².